The first-order valence-corrected chi connectivity index (χ1v) is 7.31. The summed E-state index contributed by atoms with van der Waals surface area (Å²) in [4.78, 5) is 11.9. The molecule has 0 aromatic heterocycles. The minimum atomic E-state index is -0.152. The van der Waals surface area contributed by atoms with E-state index in [0.717, 1.165) is 24.1 Å². The Bertz CT molecular complexity index is 581. The number of rotatable bonds is 5. The molecule has 0 heterocycles. The van der Waals surface area contributed by atoms with Crippen molar-refractivity contribution in [2.45, 2.75) is 32.7 Å². The van der Waals surface area contributed by atoms with Gasteiger partial charge in [-0.25, -0.2) is 4.79 Å². The molecule has 3 heteroatoms. The van der Waals surface area contributed by atoms with Gasteiger partial charge in [0.25, 0.3) is 0 Å². The predicted octanol–water partition coefficient (Wildman–Crippen LogP) is 4.14. The highest BCUT2D eigenvalue weighted by molar-refractivity contribution is 5.89. The molecule has 110 valence electrons. The molecule has 0 radical (unpaired) electrons. The predicted molar refractivity (Wildman–Crippen MR) is 87.6 cm³/mol. The van der Waals surface area contributed by atoms with E-state index in [0.29, 0.717) is 0 Å². The number of hydrogen-bond donors (Lipinski definition) is 2. The van der Waals surface area contributed by atoms with Gasteiger partial charge in [-0.3, -0.25) is 0 Å². The van der Waals surface area contributed by atoms with Crippen LogP contribution < -0.4 is 10.6 Å². The molecule has 2 amide bonds. The highest BCUT2D eigenvalue weighted by atomic mass is 16.2. The van der Waals surface area contributed by atoms with Gasteiger partial charge in [-0.05, 0) is 49.9 Å². The van der Waals surface area contributed by atoms with Crippen LogP contribution in [0, 0.1) is 6.92 Å². The number of hydrogen-bond acceptors (Lipinski definition) is 1. The smallest absolute Gasteiger partial charge is 0.319 e. The third kappa shape index (κ3) is 5.30. The quantitative estimate of drug-likeness (QED) is 0.850. The molecular weight excluding hydrogens is 260 g/mol. The lowest BCUT2D eigenvalue weighted by Crippen LogP contribution is -2.36. The van der Waals surface area contributed by atoms with E-state index in [1.807, 2.05) is 56.3 Å². The van der Waals surface area contributed by atoms with Crippen LogP contribution in [0.5, 0.6) is 0 Å². The van der Waals surface area contributed by atoms with Gasteiger partial charge in [0.1, 0.15) is 0 Å². The fourth-order valence-corrected chi connectivity index (χ4v) is 2.21. The molecule has 0 aliphatic heterocycles. The fourth-order valence-electron chi connectivity index (χ4n) is 2.21. The summed E-state index contributed by atoms with van der Waals surface area (Å²) in [6, 6.07) is 18.1. The lowest BCUT2D eigenvalue weighted by atomic mass is 10.1. The molecule has 0 saturated carbocycles. The van der Waals surface area contributed by atoms with Crippen LogP contribution in [0.2, 0.25) is 0 Å². The number of amides is 2. The monoisotopic (exact) mass is 282 g/mol. The maximum absolute atomic E-state index is 11.9. The molecule has 2 N–H and O–H groups in total. The van der Waals surface area contributed by atoms with Gasteiger partial charge in [-0.1, -0.05) is 42.5 Å². The van der Waals surface area contributed by atoms with Crippen molar-refractivity contribution < 1.29 is 4.79 Å². The van der Waals surface area contributed by atoms with Crippen LogP contribution in [-0.2, 0) is 6.42 Å². The van der Waals surface area contributed by atoms with Gasteiger partial charge in [-0.15, -0.1) is 0 Å². The average Bonchev–Trinajstić information content (AvgIpc) is 2.46. The Morgan fingerprint density at radius 2 is 1.86 bits per heavy atom. The number of anilines is 1. The third-order valence-electron chi connectivity index (χ3n) is 3.36. The average molecular weight is 282 g/mol. The normalized spacial score (nSPS) is 11.7. The number of urea groups is 1. The van der Waals surface area contributed by atoms with E-state index in [9.17, 15) is 4.79 Å². The summed E-state index contributed by atoms with van der Waals surface area (Å²) in [6.45, 7) is 4.03. The summed E-state index contributed by atoms with van der Waals surface area (Å²) in [7, 11) is 0. The van der Waals surface area contributed by atoms with Gasteiger partial charge in [0.2, 0.25) is 0 Å². The van der Waals surface area contributed by atoms with E-state index in [4.69, 9.17) is 0 Å². The van der Waals surface area contributed by atoms with Crippen LogP contribution in [0.1, 0.15) is 24.5 Å². The molecule has 0 saturated heterocycles. The van der Waals surface area contributed by atoms with E-state index in [-0.39, 0.29) is 12.1 Å². The Kier molecular flexibility index (Phi) is 5.38. The Morgan fingerprint density at radius 1 is 1.10 bits per heavy atom. The van der Waals surface area contributed by atoms with Crippen molar-refractivity contribution in [3.05, 3.63) is 65.7 Å². The van der Waals surface area contributed by atoms with Gasteiger partial charge in [0.05, 0.1) is 0 Å². The largest absolute Gasteiger partial charge is 0.335 e. The van der Waals surface area contributed by atoms with Crippen molar-refractivity contribution in [3.8, 4) is 0 Å². The lowest BCUT2D eigenvalue weighted by Gasteiger charge is -2.15. The molecule has 0 unspecified atom stereocenters. The molecule has 21 heavy (non-hydrogen) atoms. The van der Waals surface area contributed by atoms with Crippen LogP contribution in [0.4, 0.5) is 10.5 Å². The number of benzene rings is 2. The van der Waals surface area contributed by atoms with Gasteiger partial charge >= 0.3 is 6.03 Å². The first-order valence-electron chi connectivity index (χ1n) is 7.31. The van der Waals surface area contributed by atoms with Gasteiger partial charge in [0, 0.05) is 11.7 Å². The molecule has 0 fully saturated rings. The van der Waals surface area contributed by atoms with E-state index < -0.39 is 0 Å². The van der Waals surface area contributed by atoms with Gasteiger partial charge < -0.3 is 10.6 Å². The Hall–Kier alpha value is -2.29. The summed E-state index contributed by atoms with van der Waals surface area (Å²) in [6.07, 6.45) is 1.89. The SMILES string of the molecule is Cc1cccc(NC(=O)N[C@@H](C)CCc2ccccc2)c1. The number of carbonyl (C=O) groups is 1. The molecule has 2 aromatic rings. The summed E-state index contributed by atoms with van der Waals surface area (Å²) in [5.41, 5.74) is 3.25. The molecule has 0 spiro atoms. The molecular formula is C18H22N2O. The molecule has 1 atom stereocenters. The highest BCUT2D eigenvalue weighted by Gasteiger charge is 2.07. The second-order valence-electron chi connectivity index (χ2n) is 5.39. The summed E-state index contributed by atoms with van der Waals surface area (Å²) in [5.74, 6) is 0. The van der Waals surface area contributed by atoms with Gasteiger partial charge in [0.15, 0.2) is 0 Å². The van der Waals surface area contributed by atoms with Crippen molar-refractivity contribution in [3.63, 3.8) is 0 Å². The maximum Gasteiger partial charge on any atom is 0.319 e. The minimum absolute atomic E-state index is 0.134. The molecule has 0 aliphatic rings. The highest BCUT2D eigenvalue weighted by Crippen LogP contribution is 2.09. The Balaban J connectivity index is 1.77. The topological polar surface area (TPSA) is 41.1 Å². The maximum atomic E-state index is 11.9. The van der Waals surface area contributed by atoms with Gasteiger partial charge in [-0.2, -0.15) is 0 Å². The molecule has 0 aliphatic carbocycles. The zero-order valence-electron chi connectivity index (χ0n) is 12.6. The summed E-state index contributed by atoms with van der Waals surface area (Å²) in [5, 5.41) is 5.83. The van der Waals surface area contributed by atoms with E-state index in [1.165, 1.54) is 5.56 Å². The zero-order chi connectivity index (χ0) is 15.1. The van der Waals surface area contributed by atoms with Crippen LogP contribution >= 0.6 is 0 Å². The van der Waals surface area contributed by atoms with Crippen molar-refractivity contribution >= 4 is 11.7 Å². The van der Waals surface area contributed by atoms with Crippen molar-refractivity contribution in [2.75, 3.05) is 5.32 Å². The number of aryl methyl sites for hydroxylation is 2. The molecule has 2 aromatic carbocycles. The molecule has 2 rings (SSSR count). The van der Waals surface area contributed by atoms with E-state index >= 15 is 0 Å². The second kappa shape index (κ2) is 7.48. The van der Waals surface area contributed by atoms with E-state index in [2.05, 4.69) is 22.8 Å². The second-order valence-corrected chi connectivity index (χ2v) is 5.39. The van der Waals surface area contributed by atoms with Crippen molar-refractivity contribution in [1.29, 1.82) is 0 Å². The van der Waals surface area contributed by atoms with Crippen molar-refractivity contribution in [1.82, 2.24) is 5.32 Å². The fraction of sp³-hybridized carbons (Fsp3) is 0.278. The molecule has 3 nitrogen and oxygen atoms in total. The first kappa shape index (κ1) is 15.1. The van der Waals surface area contributed by atoms with Crippen LogP contribution in [-0.4, -0.2) is 12.1 Å². The summed E-state index contributed by atoms with van der Waals surface area (Å²) < 4.78 is 0. The number of nitrogens with one attached hydrogen (secondary N) is 2. The summed E-state index contributed by atoms with van der Waals surface area (Å²) >= 11 is 0. The van der Waals surface area contributed by atoms with Crippen LogP contribution in [0.3, 0.4) is 0 Å². The number of carbonyl (C=O) groups excluding carboxylic acids is 1. The first-order chi connectivity index (χ1) is 10.1. The minimum Gasteiger partial charge on any atom is -0.335 e. The van der Waals surface area contributed by atoms with Crippen LogP contribution in [0.25, 0.3) is 0 Å². The zero-order valence-corrected chi connectivity index (χ0v) is 12.6. The van der Waals surface area contributed by atoms with Crippen molar-refractivity contribution in [2.24, 2.45) is 0 Å². The Labute approximate surface area is 126 Å². The van der Waals surface area contributed by atoms with E-state index in [1.54, 1.807) is 0 Å². The standard InChI is InChI=1S/C18H22N2O/c1-14-7-6-10-17(13-14)20-18(21)19-15(2)11-12-16-8-4-3-5-9-16/h3-10,13,15H,11-12H2,1-2H3,(H2,19,20,21)/t15-/m0/s1. The third-order valence-corrected chi connectivity index (χ3v) is 3.36. The Morgan fingerprint density at radius 3 is 2.57 bits per heavy atom. The molecule has 0 bridgehead atoms. The van der Waals surface area contributed by atoms with Crippen LogP contribution in [0.15, 0.2) is 54.6 Å². The lowest BCUT2D eigenvalue weighted by molar-refractivity contribution is 0.248.